The van der Waals surface area contributed by atoms with Gasteiger partial charge in [-0.05, 0) is 37.7 Å². The Balaban J connectivity index is 1.52. The summed E-state index contributed by atoms with van der Waals surface area (Å²) in [5, 5.41) is 14.3. The number of nitrogens with zero attached hydrogens (tertiary/aromatic N) is 1. The third-order valence-electron chi connectivity index (χ3n) is 6.12. The highest BCUT2D eigenvalue weighted by Crippen LogP contribution is 2.37. The standard InChI is InChI=1S/C21H32N2O3/c1-16-7-3-5-9-18(16)22-20(24)15-23-13-11-21(25,12-14-23)17-8-4-6-10-19(17)26-2/h4,6,8,10,16,18,25H,3,5,7,9,11-15H2,1-2H3,(H,22,24)/t16-,18+/m0/s1. The molecule has 144 valence electrons. The number of para-hydroxylation sites is 1. The highest BCUT2D eigenvalue weighted by molar-refractivity contribution is 5.78. The van der Waals surface area contributed by atoms with E-state index in [2.05, 4.69) is 17.1 Å². The molecule has 1 heterocycles. The molecule has 2 N–H and O–H groups in total. The smallest absolute Gasteiger partial charge is 0.234 e. The van der Waals surface area contributed by atoms with Crippen LogP contribution < -0.4 is 10.1 Å². The minimum absolute atomic E-state index is 0.117. The van der Waals surface area contributed by atoms with E-state index >= 15 is 0 Å². The van der Waals surface area contributed by atoms with Crippen LogP contribution in [0.4, 0.5) is 0 Å². The molecule has 5 heteroatoms. The van der Waals surface area contributed by atoms with Gasteiger partial charge in [0.05, 0.1) is 19.3 Å². The van der Waals surface area contributed by atoms with Gasteiger partial charge >= 0.3 is 0 Å². The zero-order valence-corrected chi connectivity index (χ0v) is 16.0. The van der Waals surface area contributed by atoms with Crippen LogP contribution in [-0.2, 0) is 10.4 Å². The number of hydrogen-bond donors (Lipinski definition) is 2. The number of likely N-dealkylation sites (tertiary alicyclic amines) is 1. The minimum atomic E-state index is -0.878. The Hall–Kier alpha value is -1.59. The Bertz CT molecular complexity index is 611. The summed E-state index contributed by atoms with van der Waals surface area (Å²) in [6, 6.07) is 7.99. The third kappa shape index (κ3) is 4.38. The summed E-state index contributed by atoms with van der Waals surface area (Å²) in [4.78, 5) is 14.6. The van der Waals surface area contributed by atoms with Crippen LogP contribution >= 0.6 is 0 Å². The normalized spacial score (nSPS) is 26.3. The molecule has 1 aromatic rings. The molecule has 1 aliphatic carbocycles. The molecule has 1 aromatic carbocycles. The van der Waals surface area contributed by atoms with Gasteiger partial charge in [-0.1, -0.05) is 38.0 Å². The van der Waals surface area contributed by atoms with Crippen molar-refractivity contribution in [1.82, 2.24) is 10.2 Å². The van der Waals surface area contributed by atoms with Crippen LogP contribution in [0.2, 0.25) is 0 Å². The molecule has 26 heavy (non-hydrogen) atoms. The summed E-state index contributed by atoms with van der Waals surface area (Å²) in [5.74, 6) is 1.42. The third-order valence-corrected chi connectivity index (χ3v) is 6.12. The number of amides is 1. The minimum Gasteiger partial charge on any atom is -0.496 e. The van der Waals surface area contributed by atoms with Gasteiger partial charge in [-0.15, -0.1) is 0 Å². The Kier molecular flexibility index (Phi) is 6.20. The van der Waals surface area contributed by atoms with Crippen molar-refractivity contribution in [3.63, 3.8) is 0 Å². The number of methoxy groups -OCH3 is 1. The van der Waals surface area contributed by atoms with Crippen molar-refractivity contribution in [2.45, 2.75) is 57.1 Å². The molecule has 2 atom stereocenters. The fourth-order valence-electron chi connectivity index (χ4n) is 4.37. The number of hydrogen-bond acceptors (Lipinski definition) is 4. The van der Waals surface area contributed by atoms with Gasteiger partial charge in [-0.3, -0.25) is 9.69 Å². The van der Waals surface area contributed by atoms with E-state index in [-0.39, 0.29) is 5.91 Å². The summed E-state index contributed by atoms with van der Waals surface area (Å²) in [7, 11) is 1.63. The van der Waals surface area contributed by atoms with Crippen molar-refractivity contribution in [3.05, 3.63) is 29.8 Å². The van der Waals surface area contributed by atoms with E-state index < -0.39 is 5.60 Å². The summed E-state index contributed by atoms with van der Waals surface area (Å²) in [6.45, 7) is 4.08. The number of benzene rings is 1. The number of ether oxygens (including phenoxy) is 1. The van der Waals surface area contributed by atoms with Gasteiger partial charge in [0.1, 0.15) is 5.75 Å². The Labute approximate surface area is 156 Å². The molecule has 5 nitrogen and oxygen atoms in total. The number of carbonyl (C=O) groups excluding carboxylic acids is 1. The molecule has 1 saturated heterocycles. The first-order chi connectivity index (χ1) is 12.5. The van der Waals surface area contributed by atoms with Crippen LogP contribution in [0.5, 0.6) is 5.75 Å². The Morgan fingerprint density at radius 3 is 2.65 bits per heavy atom. The molecule has 0 spiro atoms. The largest absolute Gasteiger partial charge is 0.496 e. The van der Waals surface area contributed by atoms with Crippen LogP contribution in [0.15, 0.2) is 24.3 Å². The molecular formula is C21H32N2O3. The number of nitrogens with one attached hydrogen (secondary N) is 1. The summed E-state index contributed by atoms with van der Waals surface area (Å²) < 4.78 is 5.41. The molecule has 1 amide bonds. The fourth-order valence-corrected chi connectivity index (χ4v) is 4.37. The van der Waals surface area contributed by atoms with Gasteiger partial charge in [0, 0.05) is 24.7 Å². The second-order valence-electron chi connectivity index (χ2n) is 7.94. The van der Waals surface area contributed by atoms with Gasteiger partial charge in [-0.25, -0.2) is 0 Å². The van der Waals surface area contributed by atoms with Crippen molar-refractivity contribution in [2.75, 3.05) is 26.7 Å². The average Bonchev–Trinajstić information content (AvgIpc) is 2.65. The van der Waals surface area contributed by atoms with E-state index in [1.165, 1.54) is 19.3 Å². The molecule has 0 bridgehead atoms. The first-order valence-corrected chi connectivity index (χ1v) is 9.89. The van der Waals surface area contributed by atoms with Crippen molar-refractivity contribution >= 4 is 5.91 Å². The highest BCUT2D eigenvalue weighted by atomic mass is 16.5. The van der Waals surface area contributed by atoms with Crippen molar-refractivity contribution < 1.29 is 14.6 Å². The maximum atomic E-state index is 12.4. The topological polar surface area (TPSA) is 61.8 Å². The Morgan fingerprint density at radius 1 is 1.27 bits per heavy atom. The van der Waals surface area contributed by atoms with E-state index in [0.29, 0.717) is 44.4 Å². The van der Waals surface area contributed by atoms with Crippen LogP contribution in [0, 0.1) is 5.92 Å². The first-order valence-electron chi connectivity index (χ1n) is 9.89. The van der Waals surface area contributed by atoms with Crippen molar-refractivity contribution in [3.8, 4) is 5.75 Å². The highest BCUT2D eigenvalue weighted by Gasteiger charge is 2.36. The van der Waals surface area contributed by atoms with Gasteiger partial charge in [0.15, 0.2) is 0 Å². The Morgan fingerprint density at radius 2 is 1.96 bits per heavy atom. The molecule has 2 fully saturated rings. The predicted octanol–water partition coefficient (Wildman–Crippen LogP) is 2.67. The molecule has 3 rings (SSSR count). The van der Waals surface area contributed by atoms with Crippen molar-refractivity contribution in [1.29, 1.82) is 0 Å². The molecule has 0 aromatic heterocycles. The monoisotopic (exact) mass is 360 g/mol. The van der Waals surface area contributed by atoms with Crippen LogP contribution in [-0.4, -0.2) is 48.7 Å². The fraction of sp³-hybridized carbons (Fsp3) is 0.667. The molecule has 0 radical (unpaired) electrons. The van der Waals surface area contributed by atoms with Gasteiger partial charge < -0.3 is 15.2 Å². The molecule has 1 aliphatic heterocycles. The second kappa shape index (κ2) is 8.40. The van der Waals surface area contributed by atoms with Gasteiger partial charge in [-0.2, -0.15) is 0 Å². The number of piperidine rings is 1. The lowest BCUT2D eigenvalue weighted by atomic mass is 9.84. The number of rotatable bonds is 5. The number of aliphatic hydroxyl groups is 1. The molecular weight excluding hydrogens is 328 g/mol. The lowest BCUT2D eigenvalue weighted by Gasteiger charge is -2.39. The maximum Gasteiger partial charge on any atom is 0.234 e. The van der Waals surface area contributed by atoms with Crippen LogP contribution in [0.1, 0.15) is 51.0 Å². The molecule has 1 saturated carbocycles. The van der Waals surface area contributed by atoms with E-state index in [4.69, 9.17) is 4.74 Å². The summed E-state index contributed by atoms with van der Waals surface area (Å²) in [5.41, 5.74) is -0.0279. The zero-order valence-electron chi connectivity index (χ0n) is 16.0. The zero-order chi connectivity index (χ0) is 18.6. The molecule has 0 unspecified atom stereocenters. The first kappa shape index (κ1) is 19.2. The van der Waals surface area contributed by atoms with Crippen LogP contribution in [0.3, 0.4) is 0 Å². The predicted molar refractivity (Wildman–Crippen MR) is 102 cm³/mol. The average molecular weight is 360 g/mol. The lowest BCUT2D eigenvalue weighted by Crippen LogP contribution is -2.49. The summed E-state index contributed by atoms with van der Waals surface area (Å²) >= 11 is 0. The van der Waals surface area contributed by atoms with E-state index in [9.17, 15) is 9.90 Å². The quantitative estimate of drug-likeness (QED) is 0.847. The van der Waals surface area contributed by atoms with Gasteiger partial charge in [0.2, 0.25) is 5.91 Å². The summed E-state index contributed by atoms with van der Waals surface area (Å²) in [6.07, 6.45) is 6.02. The SMILES string of the molecule is COc1ccccc1C1(O)CCN(CC(=O)N[C@@H]2CCCC[C@@H]2C)CC1. The lowest BCUT2D eigenvalue weighted by molar-refractivity contribution is -0.125. The van der Waals surface area contributed by atoms with E-state index in [1.807, 2.05) is 24.3 Å². The van der Waals surface area contributed by atoms with Gasteiger partial charge in [0.25, 0.3) is 0 Å². The van der Waals surface area contributed by atoms with Crippen molar-refractivity contribution in [2.24, 2.45) is 5.92 Å². The second-order valence-corrected chi connectivity index (χ2v) is 7.94. The van der Waals surface area contributed by atoms with E-state index in [1.54, 1.807) is 7.11 Å². The maximum absolute atomic E-state index is 12.4. The van der Waals surface area contributed by atoms with E-state index in [0.717, 1.165) is 17.7 Å². The molecule has 2 aliphatic rings. The number of carbonyl (C=O) groups is 1. The van der Waals surface area contributed by atoms with Crippen LogP contribution in [0.25, 0.3) is 0 Å².